The molecule has 2 amide bonds. The van der Waals surface area contributed by atoms with E-state index in [9.17, 15) is 9.59 Å². The third kappa shape index (κ3) is 6.50. The van der Waals surface area contributed by atoms with Gasteiger partial charge < -0.3 is 10.6 Å². The molecule has 0 fully saturated rings. The molecule has 1 aliphatic rings. The maximum absolute atomic E-state index is 12.0. The Labute approximate surface area is 151 Å². The van der Waals surface area contributed by atoms with Gasteiger partial charge in [-0.15, -0.1) is 0 Å². The van der Waals surface area contributed by atoms with Gasteiger partial charge >= 0.3 is 0 Å². The van der Waals surface area contributed by atoms with Gasteiger partial charge in [-0.2, -0.15) is 0 Å². The fraction of sp³-hybridized carbons (Fsp3) is 0.600. The molecule has 1 atom stereocenters. The first-order valence-corrected chi connectivity index (χ1v) is 9.30. The second kappa shape index (κ2) is 9.56. The Morgan fingerprint density at radius 1 is 1.08 bits per heavy atom. The molecule has 138 valence electrons. The van der Waals surface area contributed by atoms with Crippen LogP contribution in [0.15, 0.2) is 24.3 Å². The maximum Gasteiger partial charge on any atom is 0.221 e. The van der Waals surface area contributed by atoms with Crippen LogP contribution in [0.1, 0.15) is 44.7 Å². The van der Waals surface area contributed by atoms with Crippen molar-refractivity contribution < 1.29 is 9.59 Å². The van der Waals surface area contributed by atoms with E-state index in [1.807, 2.05) is 13.8 Å². The number of carbonyl (C=O) groups excluding carboxylic acids is 2. The molecule has 0 spiro atoms. The van der Waals surface area contributed by atoms with Crippen molar-refractivity contribution in [3.8, 4) is 0 Å². The van der Waals surface area contributed by atoms with Crippen molar-refractivity contribution in [2.75, 3.05) is 19.6 Å². The molecular weight excluding hydrogens is 314 g/mol. The van der Waals surface area contributed by atoms with Crippen molar-refractivity contribution in [3.63, 3.8) is 0 Å². The van der Waals surface area contributed by atoms with E-state index >= 15 is 0 Å². The Kier molecular flexibility index (Phi) is 7.44. The van der Waals surface area contributed by atoms with Crippen LogP contribution in [0.4, 0.5) is 0 Å². The van der Waals surface area contributed by atoms with Gasteiger partial charge in [0.15, 0.2) is 0 Å². The largest absolute Gasteiger partial charge is 0.356 e. The van der Waals surface area contributed by atoms with Gasteiger partial charge in [0, 0.05) is 45.1 Å². The van der Waals surface area contributed by atoms with Crippen molar-refractivity contribution >= 4 is 11.8 Å². The van der Waals surface area contributed by atoms with Gasteiger partial charge in [-0.3, -0.25) is 14.5 Å². The smallest absolute Gasteiger partial charge is 0.221 e. The number of fused-ring (bicyclic) bond motifs is 1. The molecule has 2 rings (SSSR count). The summed E-state index contributed by atoms with van der Waals surface area (Å²) in [5.74, 6) is 0.349. The lowest BCUT2D eigenvalue weighted by Crippen LogP contribution is -2.44. The van der Waals surface area contributed by atoms with Crippen LogP contribution >= 0.6 is 0 Å². The monoisotopic (exact) mass is 345 g/mol. The van der Waals surface area contributed by atoms with Crippen LogP contribution in [0.25, 0.3) is 0 Å². The normalized spacial score (nSPS) is 15.5. The van der Waals surface area contributed by atoms with Crippen LogP contribution in [-0.2, 0) is 22.6 Å². The average Bonchev–Trinajstić information content (AvgIpc) is 2.58. The zero-order valence-corrected chi connectivity index (χ0v) is 15.7. The van der Waals surface area contributed by atoms with Crippen LogP contribution in [-0.4, -0.2) is 42.4 Å². The highest BCUT2D eigenvalue weighted by atomic mass is 16.2. The fourth-order valence-electron chi connectivity index (χ4n) is 3.13. The molecule has 2 N–H and O–H groups in total. The van der Waals surface area contributed by atoms with Gasteiger partial charge in [-0.25, -0.2) is 0 Å². The van der Waals surface area contributed by atoms with Crippen LogP contribution in [0.3, 0.4) is 0 Å². The Balaban J connectivity index is 1.65. The van der Waals surface area contributed by atoms with Gasteiger partial charge in [-0.1, -0.05) is 38.1 Å². The van der Waals surface area contributed by atoms with E-state index in [0.717, 1.165) is 19.5 Å². The number of amides is 2. The van der Waals surface area contributed by atoms with Crippen molar-refractivity contribution in [3.05, 3.63) is 35.4 Å². The lowest BCUT2D eigenvalue weighted by atomic mass is 9.99. The van der Waals surface area contributed by atoms with Crippen molar-refractivity contribution in [2.24, 2.45) is 5.92 Å². The van der Waals surface area contributed by atoms with E-state index in [1.165, 1.54) is 11.1 Å². The molecule has 5 nitrogen and oxygen atoms in total. The highest BCUT2D eigenvalue weighted by molar-refractivity contribution is 5.79. The summed E-state index contributed by atoms with van der Waals surface area (Å²) in [6.45, 7) is 9.18. The Morgan fingerprint density at radius 3 is 2.52 bits per heavy atom. The number of rotatable bonds is 8. The molecule has 1 aliphatic heterocycles. The molecule has 0 saturated heterocycles. The van der Waals surface area contributed by atoms with Crippen LogP contribution in [0, 0.1) is 5.92 Å². The highest BCUT2D eigenvalue weighted by Crippen LogP contribution is 2.19. The minimum Gasteiger partial charge on any atom is -0.356 e. The van der Waals surface area contributed by atoms with E-state index in [4.69, 9.17) is 0 Å². The first-order valence-electron chi connectivity index (χ1n) is 9.30. The molecule has 0 radical (unpaired) electrons. The second-order valence-electron chi connectivity index (χ2n) is 7.34. The quantitative estimate of drug-likeness (QED) is 0.758. The molecular formula is C20H31N3O2. The molecule has 0 saturated carbocycles. The Hall–Kier alpha value is -1.88. The van der Waals surface area contributed by atoms with Crippen LogP contribution in [0.2, 0.25) is 0 Å². The zero-order valence-electron chi connectivity index (χ0n) is 15.7. The first kappa shape index (κ1) is 19.4. The molecule has 0 bridgehead atoms. The van der Waals surface area contributed by atoms with Crippen LogP contribution in [0.5, 0.6) is 0 Å². The molecule has 5 heteroatoms. The van der Waals surface area contributed by atoms with Gasteiger partial charge in [0.05, 0.1) is 0 Å². The zero-order chi connectivity index (χ0) is 18.2. The number of nitrogens with zero attached hydrogens (tertiary/aromatic N) is 1. The summed E-state index contributed by atoms with van der Waals surface area (Å²) in [4.78, 5) is 25.9. The number of hydrogen-bond donors (Lipinski definition) is 2. The molecule has 1 heterocycles. The second-order valence-corrected chi connectivity index (χ2v) is 7.34. The van der Waals surface area contributed by atoms with Gasteiger partial charge in [0.1, 0.15) is 0 Å². The van der Waals surface area contributed by atoms with E-state index < -0.39 is 0 Å². The molecule has 1 unspecified atom stereocenters. The van der Waals surface area contributed by atoms with E-state index in [1.54, 1.807) is 0 Å². The summed E-state index contributed by atoms with van der Waals surface area (Å²) >= 11 is 0. The minimum atomic E-state index is -0.00546. The number of hydrogen-bond acceptors (Lipinski definition) is 3. The van der Waals surface area contributed by atoms with E-state index in [2.05, 4.69) is 46.7 Å². The Morgan fingerprint density at radius 2 is 1.80 bits per heavy atom. The summed E-state index contributed by atoms with van der Waals surface area (Å²) in [5, 5.41) is 5.78. The molecule has 1 aromatic rings. The SMILES string of the molecule is CC(C)CC(=O)NCCC(=O)NCC(C)N1CCc2ccccc2C1. The van der Waals surface area contributed by atoms with Crippen molar-refractivity contribution in [2.45, 2.75) is 52.6 Å². The maximum atomic E-state index is 12.0. The minimum absolute atomic E-state index is 0.00546. The van der Waals surface area contributed by atoms with Gasteiger partial charge in [0.2, 0.25) is 11.8 Å². The van der Waals surface area contributed by atoms with Crippen molar-refractivity contribution in [1.29, 1.82) is 0 Å². The standard InChI is InChI=1S/C20H31N3O2/c1-15(2)12-20(25)21-10-8-19(24)22-13-16(3)23-11-9-17-6-4-5-7-18(17)14-23/h4-7,15-16H,8-14H2,1-3H3,(H,21,25)(H,22,24). The van der Waals surface area contributed by atoms with Crippen molar-refractivity contribution in [1.82, 2.24) is 15.5 Å². The van der Waals surface area contributed by atoms with E-state index in [-0.39, 0.29) is 11.8 Å². The Bertz CT molecular complexity index is 586. The summed E-state index contributed by atoms with van der Waals surface area (Å²) in [5.41, 5.74) is 2.83. The molecule has 1 aromatic carbocycles. The predicted molar refractivity (Wildman–Crippen MR) is 100 cm³/mol. The number of benzene rings is 1. The average molecular weight is 345 g/mol. The fourth-order valence-corrected chi connectivity index (χ4v) is 3.13. The van der Waals surface area contributed by atoms with Crippen LogP contribution < -0.4 is 10.6 Å². The van der Waals surface area contributed by atoms with Gasteiger partial charge in [0.25, 0.3) is 0 Å². The summed E-state index contributed by atoms with van der Waals surface area (Å²) in [7, 11) is 0. The topological polar surface area (TPSA) is 61.4 Å². The van der Waals surface area contributed by atoms with E-state index in [0.29, 0.717) is 37.9 Å². The lowest BCUT2D eigenvalue weighted by molar-refractivity contribution is -0.122. The lowest BCUT2D eigenvalue weighted by Gasteiger charge is -2.33. The third-order valence-electron chi connectivity index (χ3n) is 4.65. The highest BCUT2D eigenvalue weighted by Gasteiger charge is 2.20. The first-order chi connectivity index (χ1) is 12.0. The number of carbonyl (C=O) groups is 2. The van der Waals surface area contributed by atoms with Gasteiger partial charge in [-0.05, 0) is 30.4 Å². The number of nitrogens with one attached hydrogen (secondary N) is 2. The predicted octanol–water partition coefficient (Wildman–Crippen LogP) is 2.10. The molecule has 25 heavy (non-hydrogen) atoms. The summed E-state index contributed by atoms with van der Waals surface area (Å²) < 4.78 is 0. The third-order valence-corrected chi connectivity index (χ3v) is 4.65. The molecule has 0 aromatic heterocycles. The molecule has 0 aliphatic carbocycles. The summed E-state index contributed by atoms with van der Waals surface area (Å²) in [6, 6.07) is 8.87. The summed E-state index contributed by atoms with van der Waals surface area (Å²) in [6.07, 6.45) is 1.91.